The van der Waals surface area contributed by atoms with Crippen LogP contribution in [0.5, 0.6) is 0 Å². The second-order valence-corrected chi connectivity index (χ2v) is 10.6. The lowest BCUT2D eigenvalue weighted by molar-refractivity contribution is -0.131. The van der Waals surface area contributed by atoms with E-state index in [1.54, 1.807) is 23.9 Å². The molecule has 0 saturated carbocycles. The van der Waals surface area contributed by atoms with Crippen molar-refractivity contribution in [3.63, 3.8) is 0 Å². The van der Waals surface area contributed by atoms with Gasteiger partial charge in [0, 0.05) is 37.4 Å². The number of piperidine rings is 1. The molecular weight excluding hydrogens is 447 g/mol. The Morgan fingerprint density at radius 2 is 1.83 bits per heavy atom. The van der Waals surface area contributed by atoms with Gasteiger partial charge in [0.05, 0.1) is 34.1 Å². The van der Waals surface area contributed by atoms with Crippen LogP contribution in [0.3, 0.4) is 0 Å². The van der Waals surface area contributed by atoms with E-state index >= 15 is 0 Å². The highest BCUT2D eigenvalue weighted by Gasteiger charge is 2.29. The minimum atomic E-state index is -3.23. The van der Waals surface area contributed by atoms with Gasteiger partial charge >= 0.3 is 0 Å². The van der Waals surface area contributed by atoms with E-state index in [1.807, 2.05) is 24.8 Å². The van der Waals surface area contributed by atoms with Crippen molar-refractivity contribution in [1.29, 1.82) is 0 Å². The van der Waals surface area contributed by atoms with E-state index in [4.69, 9.17) is 23.2 Å². The maximum absolute atomic E-state index is 12.9. The fourth-order valence-electron chi connectivity index (χ4n) is 3.81. The van der Waals surface area contributed by atoms with Gasteiger partial charge < -0.3 is 4.90 Å². The van der Waals surface area contributed by atoms with Crippen LogP contribution in [-0.4, -0.2) is 65.7 Å². The molecule has 1 fully saturated rings. The SMILES string of the molecule is Cc1nn(-c2ccc(Cl)c(Cl)c2)c(C)c1CC(=O)N1CCC(N(C)S(C)(=O)=O)CC1. The quantitative estimate of drug-likeness (QED) is 0.669. The average Bonchev–Trinajstić information content (AvgIpc) is 2.97. The predicted octanol–water partition coefficient (Wildman–Crippen LogP) is 3.22. The molecule has 0 unspecified atom stereocenters. The van der Waals surface area contributed by atoms with E-state index in [0.717, 1.165) is 22.6 Å². The Balaban J connectivity index is 1.71. The fourth-order valence-corrected chi connectivity index (χ4v) is 4.86. The van der Waals surface area contributed by atoms with Crippen molar-refractivity contribution in [3.05, 3.63) is 45.2 Å². The monoisotopic (exact) mass is 472 g/mol. The first-order valence-corrected chi connectivity index (χ1v) is 12.3. The molecule has 10 heteroatoms. The molecular formula is C20H26Cl2N4O3S. The van der Waals surface area contributed by atoms with Gasteiger partial charge in [0.15, 0.2) is 0 Å². The highest BCUT2D eigenvalue weighted by molar-refractivity contribution is 7.88. The van der Waals surface area contributed by atoms with Crippen molar-refractivity contribution in [2.24, 2.45) is 0 Å². The Hall–Kier alpha value is -1.61. The molecule has 164 valence electrons. The van der Waals surface area contributed by atoms with Crippen LogP contribution in [0.25, 0.3) is 5.69 Å². The average molecular weight is 473 g/mol. The third-order valence-corrected chi connectivity index (χ3v) is 7.85. The molecule has 1 saturated heterocycles. The molecule has 1 aliphatic rings. The van der Waals surface area contributed by atoms with Crippen LogP contribution >= 0.6 is 23.2 Å². The van der Waals surface area contributed by atoms with E-state index in [0.29, 0.717) is 36.0 Å². The Kier molecular flexibility index (Phi) is 6.81. The van der Waals surface area contributed by atoms with Gasteiger partial charge in [-0.05, 0) is 44.9 Å². The van der Waals surface area contributed by atoms with Gasteiger partial charge in [-0.1, -0.05) is 23.2 Å². The Bertz CT molecular complexity index is 1060. The Morgan fingerprint density at radius 3 is 2.40 bits per heavy atom. The molecule has 7 nitrogen and oxygen atoms in total. The summed E-state index contributed by atoms with van der Waals surface area (Å²) in [4.78, 5) is 14.7. The van der Waals surface area contributed by atoms with Gasteiger partial charge in [0.25, 0.3) is 0 Å². The van der Waals surface area contributed by atoms with Crippen LogP contribution < -0.4 is 0 Å². The number of carbonyl (C=O) groups excluding carboxylic acids is 1. The first kappa shape index (κ1) is 23.1. The number of benzene rings is 1. The van der Waals surface area contributed by atoms with E-state index in [9.17, 15) is 13.2 Å². The summed E-state index contributed by atoms with van der Waals surface area (Å²) in [5.74, 6) is 0.0235. The molecule has 0 radical (unpaired) electrons. The molecule has 0 spiro atoms. The minimum Gasteiger partial charge on any atom is -0.342 e. The molecule has 1 aromatic carbocycles. The Labute approximate surface area is 187 Å². The Morgan fingerprint density at radius 1 is 1.20 bits per heavy atom. The van der Waals surface area contributed by atoms with Gasteiger partial charge in [-0.2, -0.15) is 5.10 Å². The topological polar surface area (TPSA) is 75.5 Å². The van der Waals surface area contributed by atoms with Crippen LogP contribution in [-0.2, 0) is 21.2 Å². The van der Waals surface area contributed by atoms with Crippen LogP contribution in [0.4, 0.5) is 0 Å². The van der Waals surface area contributed by atoms with Crippen molar-refractivity contribution in [2.45, 2.75) is 39.2 Å². The van der Waals surface area contributed by atoms with Gasteiger partial charge in [-0.25, -0.2) is 17.4 Å². The summed E-state index contributed by atoms with van der Waals surface area (Å²) >= 11 is 12.1. The third kappa shape index (κ3) is 4.82. The van der Waals surface area contributed by atoms with Crippen molar-refractivity contribution in [3.8, 4) is 5.69 Å². The standard InChI is InChI=1S/C20H26Cl2N4O3S/c1-13-17(14(2)26(23-13)16-5-6-18(21)19(22)11-16)12-20(27)25-9-7-15(8-10-25)24(3)30(4,28)29/h5-6,11,15H,7-10,12H2,1-4H3. The van der Waals surface area contributed by atoms with Gasteiger partial charge in [-0.15, -0.1) is 0 Å². The highest BCUT2D eigenvalue weighted by atomic mass is 35.5. The van der Waals surface area contributed by atoms with E-state index < -0.39 is 10.0 Å². The molecule has 1 aromatic heterocycles. The van der Waals surface area contributed by atoms with Crippen LogP contribution in [0.1, 0.15) is 29.8 Å². The minimum absolute atomic E-state index is 0.0235. The fraction of sp³-hybridized carbons (Fsp3) is 0.500. The van der Waals surface area contributed by atoms with Crippen molar-refractivity contribution < 1.29 is 13.2 Å². The molecule has 1 aliphatic heterocycles. The number of nitrogens with zero attached hydrogens (tertiary/aromatic N) is 4. The number of aromatic nitrogens is 2. The number of carbonyl (C=O) groups is 1. The lowest BCUT2D eigenvalue weighted by Gasteiger charge is -2.35. The summed E-state index contributed by atoms with van der Waals surface area (Å²) in [6, 6.07) is 5.24. The van der Waals surface area contributed by atoms with Crippen molar-refractivity contribution in [2.75, 3.05) is 26.4 Å². The normalized spacial score (nSPS) is 15.8. The van der Waals surface area contributed by atoms with Crippen LogP contribution in [0.2, 0.25) is 10.0 Å². The number of halogens is 2. The number of likely N-dealkylation sites (tertiary alicyclic amines) is 1. The number of hydrogen-bond donors (Lipinski definition) is 0. The molecule has 0 atom stereocenters. The number of sulfonamides is 1. The van der Waals surface area contributed by atoms with Gasteiger partial charge in [-0.3, -0.25) is 4.79 Å². The molecule has 1 amide bonds. The zero-order chi connectivity index (χ0) is 22.2. The lowest BCUT2D eigenvalue weighted by atomic mass is 10.0. The van der Waals surface area contributed by atoms with E-state index in [1.165, 1.54) is 10.6 Å². The van der Waals surface area contributed by atoms with Crippen LogP contribution in [0.15, 0.2) is 18.2 Å². The summed E-state index contributed by atoms with van der Waals surface area (Å²) in [5.41, 5.74) is 3.35. The second kappa shape index (κ2) is 8.86. The summed E-state index contributed by atoms with van der Waals surface area (Å²) in [5, 5.41) is 5.50. The molecule has 0 bridgehead atoms. The maximum atomic E-state index is 12.9. The highest BCUT2D eigenvalue weighted by Crippen LogP contribution is 2.27. The van der Waals surface area contributed by atoms with Gasteiger partial charge in [0.1, 0.15) is 0 Å². The number of aryl methyl sites for hydroxylation is 1. The first-order chi connectivity index (χ1) is 14.0. The van der Waals surface area contributed by atoms with E-state index in [2.05, 4.69) is 5.10 Å². The number of amides is 1. The molecule has 3 rings (SSSR count). The smallest absolute Gasteiger partial charge is 0.227 e. The second-order valence-electron chi connectivity index (χ2n) is 7.73. The first-order valence-electron chi connectivity index (χ1n) is 9.70. The largest absolute Gasteiger partial charge is 0.342 e. The van der Waals surface area contributed by atoms with Crippen molar-refractivity contribution in [1.82, 2.24) is 19.0 Å². The summed E-state index contributed by atoms with van der Waals surface area (Å²) in [6.07, 6.45) is 2.73. The molecule has 2 aromatic rings. The summed E-state index contributed by atoms with van der Waals surface area (Å²) in [7, 11) is -1.63. The van der Waals surface area contributed by atoms with Gasteiger partial charge in [0.2, 0.25) is 15.9 Å². The zero-order valence-corrected chi connectivity index (χ0v) is 19.9. The predicted molar refractivity (Wildman–Crippen MR) is 119 cm³/mol. The summed E-state index contributed by atoms with van der Waals surface area (Å²) < 4.78 is 26.7. The third-order valence-electron chi connectivity index (χ3n) is 5.77. The summed E-state index contributed by atoms with van der Waals surface area (Å²) in [6.45, 7) is 4.90. The number of rotatable bonds is 5. The van der Waals surface area contributed by atoms with Crippen molar-refractivity contribution >= 4 is 39.1 Å². The van der Waals surface area contributed by atoms with E-state index in [-0.39, 0.29) is 18.4 Å². The number of hydrogen-bond acceptors (Lipinski definition) is 4. The zero-order valence-electron chi connectivity index (χ0n) is 17.5. The lowest BCUT2D eigenvalue weighted by Crippen LogP contribution is -2.47. The van der Waals surface area contributed by atoms with Crippen LogP contribution in [0, 0.1) is 13.8 Å². The maximum Gasteiger partial charge on any atom is 0.227 e. The molecule has 0 aliphatic carbocycles. The molecule has 0 N–H and O–H groups in total. The molecule has 30 heavy (non-hydrogen) atoms. The molecule has 2 heterocycles.